The molecule has 0 spiro atoms. The first-order valence-corrected chi connectivity index (χ1v) is 7.98. The molecule has 122 valence electrons. The van der Waals surface area contributed by atoms with Crippen LogP contribution in [-0.4, -0.2) is 21.9 Å². The highest BCUT2D eigenvalue weighted by molar-refractivity contribution is 5.94. The van der Waals surface area contributed by atoms with Crippen LogP contribution in [-0.2, 0) is 0 Å². The van der Waals surface area contributed by atoms with Crippen LogP contribution in [0, 0.1) is 13.8 Å². The summed E-state index contributed by atoms with van der Waals surface area (Å²) in [4.78, 5) is 20.8. The number of aryl methyl sites for hydroxylation is 2. The molecule has 0 bridgehead atoms. The average molecular weight is 312 g/mol. The fraction of sp³-hybridized carbons (Fsp3) is 0.389. The van der Waals surface area contributed by atoms with Crippen molar-refractivity contribution < 1.29 is 4.79 Å². The van der Waals surface area contributed by atoms with Crippen molar-refractivity contribution in [1.29, 1.82) is 0 Å². The summed E-state index contributed by atoms with van der Waals surface area (Å²) >= 11 is 0. The van der Waals surface area contributed by atoms with Gasteiger partial charge in [-0.1, -0.05) is 13.3 Å². The van der Waals surface area contributed by atoms with Gasteiger partial charge in [0.2, 0.25) is 5.95 Å². The monoisotopic (exact) mass is 312 g/mol. The fourth-order valence-corrected chi connectivity index (χ4v) is 2.43. The van der Waals surface area contributed by atoms with Crippen LogP contribution in [0.3, 0.4) is 0 Å². The van der Waals surface area contributed by atoms with Gasteiger partial charge in [-0.3, -0.25) is 4.79 Å². The molecule has 5 heteroatoms. The molecule has 1 atom stereocenters. The number of carbonyl (C=O) groups is 1. The molecule has 0 unspecified atom stereocenters. The Morgan fingerprint density at radius 2 is 1.74 bits per heavy atom. The molecule has 0 aliphatic carbocycles. The lowest BCUT2D eigenvalue weighted by atomic mass is 10.1. The van der Waals surface area contributed by atoms with E-state index >= 15 is 0 Å². The van der Waals surface area contributed by atoms with Gasteiger partial charge in [0.1, 0.15) is 0 Å². The second kappa shape index (κ2) is 7.72. The second-order valence-electron chi connectivity index (χ2n) is 5.84. The van der Waals surface area contributed by atoms with E-state index in [4.69, 9.17) is 0 Å². The highest BCUT2D eigenvalue weighted by atomic mass is 16.1. The number of hydrogen-bond acceptors (Lipinski definition) is 4. The molecule has 23 heavy (non-hydrogen) atoms. The molecular weight excluding hydrogens is 288 g/mol. The smallest absolute Gasteiger partial charge is 0.251 e. The van der Waals surface area contributed by atoms with E-state index in [2.05, 4.69) is 27.5 Å². The molecule has 0 fully saturated rings. The SMILES string of the molecule is CCC[C@@H](C)NC(=O)c1ccc(Nc2nc(C)cc(C)n2)cc1. The number of nitrogens with zero attached hydrogens (tertiary/aromatic N) is 2. The van der Waals surface area contributed by atoms with E-state index in [1.165, 1.54) is 0 Å². The maximum absolute atomic E-state index is 12.1. The first kappa shape index (κ1) is 16.9. The summed E-state index contributed by atoms with van der Waals surface area (Å²) in [5, 5.41) is 6.16. The summed E-state index contributed by atoms with van der Waals surface area (Å²) in [6.45, 7) is 8.00. The fourth-order valence-electron chi connectivity index (χ4n) is 2.43. The van der Waals surface area contributed by atoms with Crippen LogP contribution in [0.25, 0.3) is 0 Å². The number of carbonyl (C=O) groups excluding carboxylic acids is 1. The van der Waals surface area contributed by atoms with Crippen LogP contribution >= 0.6 is 0 Å². The van der Waals surface area contributed by atoms with E-state index in [-0.39, 0.29) is 11.9 Å². The number of nitrogens with one attached hydrogen (secondary N) is 2. The van der Waals surface area contributed by atoms with Crippen LogP contribution in [0.15, 0.2) is 30.3 Å². The molecule has 2 rings (SSSR count). The van der Waals surface area contributed by atoms with Crippen molar-refractivity contribution in [2.45, 2.75) is 46.6 Å². The lowest BCUT2D eigenvalue weighted by molar-refractivity contribution is 0.0938. The number of aromatic nitrogens is 2. The Hall–Kier alpha value is -2.43. The third kappa shape index (κ3) is 5.06. The summed E-state index contributed by atoms with van der Waals surface area (Å²) in [5.74, 6) is 0.524. The Morgan fingerprint density at radius 3 is 2.30 bits per heavy atom. The number of amides is 1. The van der Waals surface area contributed by atoms with Gasteiger partial charge in [0.15, 0.2) is 0 Å². The highest BCUT2D eigenvalue weighted by Gasteiger charge is 2.09. The molecule has 1 amide bonds. The first-order valence-electron chi connectivity index (χ1n) is 7.98. The molecule has 1 aromatic heterocycles. The summed E-state index contributed by atoms with van der Waals surface area (Å²) in [7, 11) is 0. The van der Waals surface area contributed by atoms with Crippen molar-refractivity contribution in [3.63, 3.8) is 0 Å². The van der Waals surface area contributed by atoms with E-state index < -0.39 is 0 Å². The maximum Gasteiger partial charge on any atom is 0.251 e. The van der Waals surface area contributed by atoms with Gasteiger partial charge in [-0.05, 0) is 57.5 Å². The van der Waals surface area contributed by atoms with Crippen molar-refractivity contribution in [3.05, 3.63) is 47.3 Å². The maximum atomic E-state index is 12.1. The van der Waals surface area contributed by atoms with Crippen LogP contribution < -0.4 is 10.6 Å². The molecule has 2 N–H and O–H groups in total. The molecule has 1 heterocycles. The minimum atomic E-state index is -0.0415. The van der Waals surface area contributed by atoms with Gasteiger partial charge in [-0.15, -0.1) is 0 Å². The number of rotatable bonds is 6. The van der Waals surface area contributed by atoms with Crippen molar-refractivity contribution in [2.75, 3.05) is 5.32 Å². The highest BCUT2D eigenvalue weighted by Crippen LogP contribution is 2.15. The molecule has 0 saturated carbocycles. The van der Waals surface area contributed by atoms with Crippen LogP contribution in [0.5, 0.6) is 0 Å². The standard InChI is InChI=1S/C18H24N4O/c1-5-6-12(2)19-17(23)15-7-9-16(10-8-15)22-18-20-13(3)11-14(4)21-18/h7-12H,5-6H2,1-4H3,(H,19,23)(H,20,21,22)/t12-/m1/s1. The van der Waals surface area contributed by atoms with Gasteiger partial charge < -0.3 is 10.6 Å². The average Bonchev–Trinajstić information content (AvgIpc) is 2.47. The molecule has 0 saturated heterocycles. The van der Waals surface area contributed by atoms with E-state index in [9.17, 15) is 4.79 Å². The Labute approximate surface area is 137 Å². The molecule has 0 aliphatic heterocycles. The van der Waals surface area contributed by atoms with Gasteiger partial charge in [-0.25, -0.2) is 9.97 Å². The quantitative estimate of drug-likeness (QED) is 0.852. The summed E-state index contributed by atoms with van der Waals surface area (Å²) in [6.07, 6.45) is 2.04. The van der Waals surface area contributed by atoms with Crippen molar-refractivity contribution >= 4 is 17.5 Å². The van der Waals surface area contributed by atoms with Gasteiger partial charge in [0.05, 0.1) is 0 Å². The van der Waals surface area contributed by atoms with Gasteiger partial charge in [0.25, 0.3) is 5.91 Å². The third-order valence-electron chi connectivity index (χ3n) is 3.48. The first-order chi connectivity index (χ1) is 11.0. The van der Waals surface area contributed by atoms with Crippen molar-refractivity contribution in [3.8, 4) is 0 Å². The van der Waals surface area contributed by atoms with Crippen LogP contribution in [0.2, 0.25) is 0 Å². The van der Waals surface area contributed by atoms with Crippen molar-refractivity contribution in [2.24, 2.45) is 0 Å². The van der Waals surface area contributed by atoms with Crippen molar-refractivity contribution in [1.82, 2.24) is 15.3 Å². The van der Waals surface area contributed by atoms with E-state index in [1.54, 1.807) is 12.1 Å². The molecular formula is C18H24N4O. The Morgan fingerprint density at radius 1 is 1.13 bits per heavy atom. The number of anilines is 2. The third-order valence-corrected chi connectivity index (χ3v) is 3.48. The summed E-state index contributed by atoms with van der Waals surface area (Å²) in [6, 6.07) is 9.45. The zero-order valence-electron chi connectivity index (χ0n) is 14.2. The van der Waals surface area contributed by atoms with E-state index in [0.29, 0.717) is 11.5 Å². The largest absolute Gasteiger partial charge is 0.350 e. The zero-order valence-corrected chi connectivity index (χ0v) is 14.2. The predicted molar refractivity (Wildman–Crippen MR) is 93.1 cm³/mol. The van der Waals surface area contributed by atoms with E-state index in [0.717, 1.165) is 29.9 Å². The topological polar surface area (TPSA) is 66.9 Å². The summed E-state index contributed by atoms with van der Waals surface area (Å²) in [5.41, 5.74) is 3.34. The molecule has 0 radical (unpaired) electrons. The number of benzene rings is 1. The van der Waals surface area contributed by atoms with Gasteiger partial charge in [0, 0.05) is 28.7 Å². The molecule has 1 aromatic carbocycles. The zero-order chi connectivity index (χ0) is 16.8. The lowest BCUT2D eigenvalue weighted by Gasteiger charge is -2.13. The normalized spacial score (nSPS) is 11.8. The predicted octanol–water partition coefficient (Wildman–Crippen LogP) is 3.76. The minimum absolute atomic E-state index is 0.0415. The van der Waals surface area contributed by atoms with E-state index in [1.807, 2.05) is 39.0 Å². The second-order valence-corrected chi connectivity index (χ2v) is 5.84. The number of hydrogen-bond donors (Lipinski definition) is 2. The van der Waals surface area contributed by atoms with Gasteiger partial charge >= 0.3 is 0 Å². The molecule has 2 aromatic rings. The van der Waals surface area contributed by atoms with Gasteiger partial charge in [-0.2, -0.15) is 0 Å². The van der Waals surface area contributed by atoms with Crippen LogP contribution in [0.1, 0.15) is 48.4 Å². The van der Waals surface area contributed by atoms with Crippen LogP contribution in [0.4, 0.5) is 11.6 Å². The molecule has 5 nitrogen and oxygen atoms in total. The Balaban J connectivity index is 2.03. The molecule has 0 aliphatic rings. The summed E-state index contributed by atoms with van der Waals surface area (Å²) < 4.78 is 0. The minimum Gasteiger partial charge on any atom is -0.350 e. The Bertz CT molecular complexity index is 647. The Kier molecular flexibility index (Phi) is 5.68. The lowest BCUT2D eigenvalue weighted by Crippen LogP contribution is -2.32.